The lowest BCUT2D eigenvalue weighted by Gasteiger charge is -2.04. The number of aryl methyl sites for hydroxylation is 1. The molecule has 0 aliphatic rings. The minimum atomic E-state index is -0.237. The molecule has 0 radical (unpaired) electrons. The Kier molecular flexibility index (Phi) is 5.21. The van der Waals surface area contributed by atoms with Crippen LogP contribution < -0.4 is 0 Å². The van der Waals surface area contributed by atoms with Gasteiger partial charge in [-0.2, -0.15) is 0 Å². The highest BCUT2D eigenvalue weighted by molar-refractivity contribution is 7.13. The lowest BCUT2D eigenvalue weighted by atomic mass is 10.1. The van der Waals surface area contributed by atoms with Crippen LogP contribution in [0.5, 0.6) is 0 Å². The zero-order valence-electron chi connectivity index (χ0n) is 14.7. The normalized spacial score (nSPS) is 10.8. The molecule has 0 aliphatic heterocycles. The second-order valence-corrected chi connectivity index (χ2v) is 7.02. The fourth-order valence-corrected chi connectivity index (χ4v) is 3.60. The third-order valence-electron chi connectivity index (χ3n) is 4.19. The van der Waals surface area contributed by atoms with Crippen molar-refractivity contribution in [3.05, 3.63) is 83.5 Å². The van der Waals surface area contributed by atoms with Crippen LogP contribution in [0.15, 0.2) is 72.1 Å². The topological polar surface area (TPSA) is 52.1 Å². The monoisotopic (exact) mass is 374 g/mol. The average molecular weight is 374 g/mol. The van der Waals surface area contributed by atoms with Crippen LogP contribution in [0, 0.1) is 0 Å². The van der Waals surface area contributed by atoms with Gasteiger partial charge in [0.05, 0.1) is 17.6 Å². The summed E-state index contributed by atoms with van der Waals surface area (Å²) in [4.78, 5) is 21.2. The standard InChI is InChI=1S/C22H18N2O2S/c25-21(13-12-18-11-10-16-6-4-5-9-20(16)23-18)26-14-19-15-27-22(24-19)17-7-2-1-3-8-17/h1-11,15H,12-14H2. The molecule has 0 N–H and O–H groups in total. The number of hydrogen-bond donors (Lipinski definition) is 0. The summed E-state index contributed by atoms with van der Waals surface area (Å²) in [5.74, 6) is -0.237. The summed E-state index contributed by atoms with van der Waals surface area (Å²) < 4.78 is 5.36. The van der Waals surface area contributed by atoms with E-state index in [2.05, 4.69) is 9.97 Å². The molecule has 0 spiro atoms. The second kappa shape index (κ2) is 8.10. The third-order valence-corrected chi connectivity index (χ3v) is 5.14. The first kappa shape index (κ1) is 17.4. The van der Waals surface area contributed by atoms with E-state index in [4.69, 9.17) is 4.74 Å². The largest absolute Gasteiger partial charge is 0.459 e. The Morgan fingerprint density at radius 1 is 0.889 bits per heavy atom. The molecule has 2 aromatic carbocycles. The number of thiazole rings is 1. The molecule has 27 heavy (non-hydrogen) atoms. The molecule has 0 bridgehead atoms. The van der Waals surface area contributed by atoms with Gasteiger partial charge in [0.2, 0.25) is 0 Å². The predicted molar refractivity (Wildman–Crippen MR) is 107 cm³/mol. The third kappa shape index (κ3) is 4.38. The summed E-state index contributed by atoms with van der Waals surface area (Å²) in [5, 5.41) is 3.96. The van der Waals surface area contributed by atoms with Gasteiger partial charge in [-0.15, -0.1) is 11.3 Å². The van der Waals surface area contributed by atoms with Crippen molar-refractivity contribution in [3.63, 3.8) is 0 Å². The molecular weight excluding hydrogens is 356 g/mol. The van der Waals surface area contributed by atoms with Crippen molar-refractivity contribution < 1.29 is 9.53 Å². The molecule has 2 aromatic heterocycles. The molecule has 5 heteroatoms. The number of ether oxygens (including phenoxy) is 1. The van der Waals surface area contributed by atoms with Gasteiger partial charge in [-0.3, -0.25) is 9.78 Å². The van der Waals surface area contributed by atoms with Crippen LogP contribution in [-0.4, -0.2) is 15.9 Å². The molecule has 134 valence electrons. The van der Waals surface area contributed by atoms with E-state index in [1.54, 1.807) is 11.3 Å². The molecule has 0 unspecified atom stereocenters. The Morgan fingerprint density at radius 3 is 2.59 bits per heavy atom. The van der Waals surface area contributed by atoms with Gasteiger partial charge in [0, 0.05) is 28.4 Å². The molecule has 4 rings (SSSR count). The first-order valence-electron chi connectivity index (χ1n) is 8.78. The summed E-state index contributed by atoms with van der Waals surface area (Å²) in [6, 6.07) is 21.9. The zero-order valence-corrected chi connectivity index (χ0v) is 15.5. The van der Waals surface area contributed by atoms with Gasteiger partial charge in [0.1, 0.15) is 11.6 Å². The molecule has 0 saturated carbocycles. The number of nitrogens with zero attached hydrogens (tertiary/aromatic N) is 2. The number of aromatic nitrogens is 2. The number of fused-ring (bicyclic) bond motifs is 1. The van der Waals surface area contributed by atoms with Crippen molar-refractivity contribution in [1.29, 1.82) is 0 Å². The number of pyridine rings is 1. The van der Waals surface area contributed by atoms with Crippen LogP contribution >= 0.6 is 11.3 Å². The van der Waals surface area contributed by atoms with Crippen molar-refractivity contribution in [3.8, 4) is 10.6 Å². The van der Waals surface area contributed by atoms with E-state index in [0.29, 0.717) is 12.8 Å². The van der Waals surface area contributed by atoms with E-state index >= 15 is 0 Å². The number of hydrogen-bond acceptors (Lipinski definition) is 5. The highest BCUT2D eigenvalue weighted by Crippen LogP contribution is 2.23. The van der Waals surface area contributed by atoms with E-state index in [-0.39, 0.29) is 12.6 Å². The molecule has 0 aliphatic carbocycles. The molecule has 0 atom stereocenters. The van der Waals surface area contributed by atoms with E-state index in [1.807, 2.05) is 72.1 Å². The molecular formula is C22H18N2O2S. The Balaban J connectivity index is 1.30. The van der Waals surface area contributed by atoms with Crippen LogP contribution in [0.4, 0.5) is 0 Å². The molecule has 0 amide bonds. The summed E-state index contributed by atoms with van der Waals surface area (Å²) in [6.07, 6.45) is 0.872. The first-order valence-corrected chi connectivity index (χ1v) is 9.66. The highest BCUT2D eigenvalue weighted by Gasteiger charge is 2.09. The van der Waals surface area contributed by atoms with Gasteiger partial charge >= 0.3 is 5.97 Å². The molecule has 0 fully saturated rings. The maximum Gasteiger partial charge on any atom is 0.306 e. The van der Waals surface area contributed by atoms with Crippen LogP contribution in [0.3, 0.4) is 0 Å². The Hall–Kier alpha value is -3.05. The SMILES string of the molecule is O=C(CCc1ccc2ccccc2n1)OCc1csc(-c2ccccc2)n1. The first-order chi connectivity index (χ1) is 13.3. The Morgan fingerprint density at radius 2 is 1.70 bits per heavy atom. The second-order valence-electron chi connectivity index (χ2n) is 6.17. The average Bonchev–Trinajstić information content (AvgIpc) is 3.20. The maximum absolute atomic E-state index is 12.1. The van der Waals surface area contributed by atoms with Crippen molar-refractivity contribution >= 4 is 28.2 Å². The molecule has 4 nitrogen and oxygen atoms in total. The van der Waals surface area contributed by atoms with Gasteiger partial charge in [-0.25, -0.2) is 4.98 Å². The van der Waals surface area contributed by atoms with E-state index in [9.17, 15) is 4.79 Å². The van der Waals surface area contributed by atoms with Crippen molar-refractivity contribution in [1.82, 2.24) is 9.97 Å². The summed E-state index contributed by atoms with van der Waals surface area (Å²) in [7, 11) is 0. The van der Waals surface area contributed by atoms with Crippen LogP contribution in [0.25, 0.3) is 21.5 Å². The summed E-state index contributed by atoms with van der Waals surface area (Å²) in [6.45, 7) is 0.202. The fourth-order valence-electron chi connectivity index (χ4n) is 2.79. The smallest absolute Gasteiger partial charge is 0.306 e. The van der Waals surface area contributed by atoms with Crippen LogP contribution in [-0.2, 0) is 22.6 Å². The van der Waals surface area contributed by atoms with Gasteiger partial charge in [0.15, 0.2) is 0 Å². The zero-order chi connectivity index (χ0) is 18.5. The maximum atomic E-state index is 12.1. The quantitative estimate of drug-likeness (QED) is 0.444. The number of carbonyl (C=O) groups is 1. The van der Waals surface area contributed by atoms with Gasteiger partial charge in [-0.05, 0) is 12.1 Å². The lowest BCUT2D eigenvalue weighted by molar-refractivity contribution is -0.145. The van der Waals surface area contributed by atoms with Gasteiger partial charge in [0.25, 0.3) is 0 Å². The van der Waals surface area contributed by atoms with Crippen molar-refractivity contribution in [2.45, 2.75) is 19.4 Å². The highest BCUT2D eigenvalue weighted by atomic mass is 32.1. The van der Waals surface area contributed by atoms with Gasteiger partial charge in [-0.1, -0.05) is 54.6 Å². The Labute approximate surface area is 161 Å². The summed E-state index contributed by atoms with van der Waals surface area (Å²) in [5.41, 5.74) is 3.68. The minimum absolute atomic E-state index is 0.202. The van der Waals surface area contributed by atoms with Crippen LogP contribution in [0.2, 0.25) is 0 Å². The lowest BCUT2D eigenvalue weighted by Crippen LogP contribution is -2.06. The van der Waals surface area contributed by atoms with Gasteiger partial charge < -0.3 is 4.74 Å². The fraction of sp³-hybridized carbons (Fsp3) is 0.136. The molecule has 2 heterocycles. The van der Waals surface area contributed by atoms with E-state index < -0.39 is 0 Å². The molecule has 4 aromatic rings. The van der Waals surface area contributed by atoms with Crippen molar-refractivity contribution in [2.75, 3.05) is 0 Å². The number of benzene rings is 2. The van der Waals surface area contributed by atoms with Crippen molar-refractivity contribution in [2.24, 2.45) is 0 Å². The van der Waals surface area contributed by atoms with Crippen LogP contribution in [0.1, 0.15) is 17.8 Å². The Bertz CT molecular complexity index is 1060. The molecule has 0 saturated heterocycles. The predicted octanol–water partition coefficient (Wildman–Crippen LogP) is 5.03. The number of carbonyl (C=O) groups excluding carboxylic acids is 1. The van der Waals surface area contributed by atoms with E-state index in [0.717, 1.165) is 32.9 Å². The number of para-hydroxylation sites is 1. The number of rotatable bonds is 6. The summed E-state index contributed by atoms with van der Waals surface area (Å²) >= 11 is 1.55. The van der Waals surface area contributed by atoms with E-state index in [1.165, 1.54) is 0 Å². The minimum Gasteiger partial charge on any atom is -0.459 e. The number of esters is 1.